The van der Waals surface area contributed by atoms with Gasteiger partial charge in [-0.1, -0.05) is 24.3 Å². The Labute approximate surface area is 117 Å². The van der Waals surface area contributed by atoms with Crippen molar-refractivity contribution in [2.75, 3.05) is 0 Å². The first-order valence-electron chi connectivity index (χ1n) is 6.58. The highest BCUT2D eigenvalue weighted by Crippen LogP contribution is 2.35. The minimum atomic E-state index is 0.266. The summed E-state index contributed by atoms with van der Waals surface area (Å²) in [5, 5.41) is 21.3. The lowest BCUT2D eigenvalue weighted by atomic mass is 9.91. The van der Waals surface area contributed by atoms with Crippen LogP contribution in [-0.4, -0.2) is 10.2 Å². The number of phenolic OH excluding ortho intramolecular Hbond substituents is 2. The van der Waals surface area contributed by atoms with Crippen LogP contribution in [0, 0.1) is 13.8 Å². The van der Waals surface area contributed by atoms with Crippen molar-refractivity contribution >= 4 is 10.8 Å². The summed E-state index contributed by atoms with van der Waals surface area (Å²) in [5.41, 5.74) is 4.55. The van der Waals surface area contributed by atoms with E-state index in [4.69, 9.17) is 0 Å². The van der Waals surface area contributed by atoms with Gasteiger partial charge in [-0.05, 0) is 71.1 Å². The van der Waals surface area contributed by atoms with E-state index in [0.29, 0.717) is 0 Å². The van der Waals surface area contributed by atoms with E-state index >= 15 is 0 Å². The van der Waals surface area contributed by atoms with Gasteiger partial charge in [-0.3, -0.25) is 0 Å². The summed E-state index contributed by atoms with van der Waals surface area (Å²) in [6, 6.07) is 14.8. The normalized spacial score (nSPS) is 10.9. The van der Waals surface area contributed by atoms with Gasteiger partial charge in [-0.2, -0.15) is 0 Å². The molecular formula is C18H16O2. The molecule has 0 radical (unpaired) electrons. The molecule has 0 spiro atoms. The monoisotopic (exact) mass is 264 g/mol. The summed E-state index contributed by atoms with van der Waals surface area (Å²) in [7, 11) is 0. The van der Waals surface area contributed by atoms with E-state index < -0.39 is 0 Å². The number of aromatic hydroxyl groups is 2. The van der Waals surface area contributed by atoms with E-state index in [9.17, 15) is 10.2 Å². The molecule has 3 rings (SSSR count). The van der Waals surface area contributed by atoms with E-state index in [1.54, 1.807) is 24.3 Å². The van der Waals surface area contributed by atoms with Crippen molar-refractivity contribution in [2.45, 2.75) is 13.8 Å². The summed E-state index contributed by atoms with van der Waals surface area (Å²) < 4.78 is 0. The third-order valence-electron chi connectivity index (χ3n) is 3.74. The molecule has 0 amide bonds. The molecule has 0 aliphatic rings. The van der Waals surface area contributed by atoms with Crippen LogP contribution in [0.25, 0.3) is 21.9 Å². The molecule has 0 fully saturated rings. The Morgan fingerprint density at radius 2 is 1.40 bits per heavy atom. The smallest absolute Gasteiger partial charge is 0.116 e. The molecule has 2 N–H and O–H groups in total. The molecule has 0 saturated carbocycles. The topological polar surface area (TPSA) is 40.5 Å². The fourth-order valence-corrected chi connectivity index (χ4v) is 2.80. The fourth-order valence-electron chi connectivity index (χ4n) is 2.80. The van der Waals surface area contributed by atoms with Crippen molar-refractivity contribution < 1.29 is 10.2 Å². The number of hydrogen-bond acceptors (Lipinski definition) is 2. The van der Waals surface area contributed by atoms with Crippen molar-refractivity contribution in [1.82, 2.24) is 0 Å². The number of phenols is 2. The summed E-state index contributed by atoms with van der Waals surface area (Å²) in [5.74, 6) is 0.545. The molecule has 0 aliphatic heterocycles. The number of fused-ring (bicyclic) bond motifs is 1. The number of hydrogen-bond donors (Lipinski definition) is 2. The summed E-state index contributed by atoms with van der Waals surface area (Å²) >= 11 is 0. The Hall–Kier alpha value is -2.48. The minimum absolute atomic E-state index is 0.266. The van der Waals surface area contributed by atoms with Gasteiger partial charge in [-0.15, -0.1) is 0 Å². The van der Waals surface area contributed by atoms with Crippen molar-refractivity contribution in [3.8, 4) is 22.6 Å². The quantitative estimate of drug-likeness (QED) is 0.677. The van der Waals surface area contributed by atoms with Crippen LogP contribution in [0.15, 0.2) is 48.5 Å². The third kappa shape index (κ3) is 1.99. The molecule has 100 valence electrons. The SMILES string of the molecule is Cc1cc2ccc(O)cc2c(C)c1-c1ccc(O)cc1. The first kappa shape index (κ1) is 12.5. The molecule has 0 heterocycles. The zero-order chi connectivity index (χ0) is 14.3. The molecule has 3 aromatic rings. The predicted molar refractivity (Wildman–Crippen MR) is 82.2 cm³/mol. The first-order chi connectivity index (χ1) is 9.56. The van der Waals surface area contributed by atoms with Gasteiger partial charge in [-0.25, -0.2) is 0 Å². The maximum atomic E-state index is 9.69. The zero-order valence-electron chi connectivity index (χ0n) is 11.5. The van der Waals surface area contributed by atoms with Gasteiger partial charge in [0.15, 0.2) is 0 Å². The van der Waals surface area contributed by atoms with Crippen LogP contribution in [0.3, 0.4) is 0 Å². The minimum Gasteiger partial charge on any atom is -0.508 e. The molecule has 0 saturated heterocycles. The number of benzene rings is 3. The standard InChI is InChI=1S/C18H16O2/c1-11-9-14-5-8-16(20)10-17(14)12(2)18(11)13-3-6-15(19)7-4-13/h3-10,19-20H,1-2H3. The van der Waals surface area contributed by atoms with E-state index in [1.807, 2.05) is 18.2 Å². The Balaban J connectivity index is 2.32. The fraction of sp³-hybridized carbons (Fsp3) is 0.111. The Bertz CT molecular complexity index is 787. The van der Waals surface area contributed by atoms with Crippen LogP contribution < -0.4 is 0 Å². The zero-order valence-corrected chi connectivity index (χ0v) is 11.5. The molecule has 0 unspecified atom stereocenters. The summed E-state index contributed by atoms with van der Waals surface area (Å²) in [4.78, 5) is 0. The summed E-state index contributed by atoms with van der Waals surface area (Å²) in [6.07, 6.45) is 0. The second-order valence-corrected chi connectivity index (χ2v) is 5.15. The van der Waals surface area contributed by atoms with Gasteiger partial charge in [0, 0.05) is 0 Å². The average molecular weight is 264 g/mol. The van der Waals surface area contributed by atoms with Crippen LogP contribution in [0.4, 0.5) is 0 Å². The van der Waals surface area contributed by atoms with E-state index in [1.165, 1.54) is 5.56 Å². The lowest BCUT2D eigenvalue weighted by Crippen LogP contribution is -1.90. The van der Waals surface area contributed by atoms with Crippen LogP contribution in [0.5, 0.6) is 11.5 Å². The van der Waals surface area contributed by atoms with Crippen molar-refractivity contribution in [2.24, 2.45) is 0 Å². The van der Waals surface area contributed by atoms with E-state index in [2.05, 4.69) is 19.9 Å². The molecule has 0 aliphatic carbocycles. The average Bonchev–Trinajstić information content (AvgIpc) is 2.42. The summed E-state index contributed by atoms with van der Waals surface area (Å²) in [6.45, 7) is 4.15. The van der Waals surface area contributed by atoms with Crippen LogP contribution in [0.2, 0.25) is 0 Å². The van der Waals surface area contributed by atoms with Gasteiger partial charge < -0.3 is 10.2 Å². The number of aryl methyl sites for hydroxylation is 2. The van der Waals surface area contributed by atoms with Crippen molar-refractivity contribution in [1.29, 1.82) is 0 Å². The lowest BCUT2D eigenvalue weighted by molar-refractivity contribution is 0.475. The van der Waals surface area contributed by atoms with Crippen LogP contribution in [-0.2, 0) is 0 Å². The van der Waals surface area contributed by atoms with E-state index in [-0.39, 0.29) is 11.5 Å². The second-order valence-electron chi connectivity index (χ2n) is 5.15. The largest absolute Gasteiger partial charge is 0.508 e. The molecule has 0 aromatic heterocycles. The Kier molecular flexibility index (Phi) is 2.87. The van der Waals surface area contributed by atoms with Crippen LogP contribution in [0.1, 0.15) is 11.1 Å². The van der Waals surface area contributed by atoms with E-state index in [0.717, 1.165) is 27.5 Å². The van der Waals surface area contributed by atoms with Gasteiger partial charge in [0.05, 0.1) is 0 Å². The van der Waals surface area contributed by atoms with Crippen LogP contribution >= 0.6 is 0 Å². The lowest BCUT2D eigenvalue weighted by Gasteiger charge is -2.14. The van der Waals surface area contributed by atoms with Gasteiger partial charge in [0.1, 0.15) is 11.5 Å². The molecule has 2 nitrogen and oxygen atoms in total. The third-order valence-corrected chi connectivity index (χ3v) is 3.74. The maximum Gasteiger partial charge on any atom is 0.116 e. The molecule has 20 heavy (non-hydrogen) atoms. The second kappa shape index (κ2) is 4.57. The molecular weight excluding hydrogens is 248 g/mol. The van der Waals surface area contributed by atoms with Gasteiger partial charge in [0.2, 0.25) is 0 Å². The predicted octanol–water partition coefficient (Wildman–Crippen LogP) is 4.53. The first-order valence-corrected chi connectivity index (χ1v) is 6.58. The highest BCUT2D eigenvalue weighted by Gasteiger charge is 2.10. The van der Waals surface area contributed by atoms with Gasteiger partial charge in [0.25, 0.3) is 0 Å². The maximum absolute atomic E-state index is 9.69. The molecule has 0 atom stereocenters. The Morgan fingerprint density at radius 3 is 2.10 bits per heavy atom. The molecule has 2 heteroatoms. The highest BCUT2D eigenvalue weighted by atomic mass is 16.3. The Morgan fingerprint density at radius 1 is 0.750 bits per heavy atom. The van der Waals surface area contributed by atoms with Crippen molar-refractivity contribution in [3.63, 3.8) is 0 Å². The van der Waals surface area contributed by atoms with Gasteiger partial charge >= 0.3 is 0 Å². The molecule has 3 aromatic carbocycles. The highest BCUT2D eigenvalue weighted by molar-refractivity contribution is 5.94. The number of rotatable bonds is 1. The molecule has 0 bridgehead atoms. The van der Waals surface area contributed by atoms with Crippen molar-refractivity contribution in [3.05, 3.63) is 59.7 Å².